The van der Waals surface area contributed by atoms with Gasteiger partial charge in [-0.05, 0) is 30.4 Å². The Hall–Kier alpha value is -1.88. The van der Waals surface area contributed by atoms with Crippen molar-refractivity contribution in [3.8, 4) is 0 Å². The van der Waals surface area contributed by atoms with E-state index in [2.05, 4.69) is 11.4 Å². The van der Waals surface area contributed by atoms with Gasteiger partial charge in [-0.1, -0.05) is 24.3 Å². The molecule has 2 N–H and O–H groups in total. The number of benzene rings is 1. The van der Waals surface area contributed by atoms with Gasteiger partial charge in [0.25, 0.3) is 0 Å². The lowest BCUT2D eigenvalue weighted by molar-refractivity contribution is -0.149. The standard InChI is InChI=1S/C15H18N2O3/c18-14(17-7-3-6-13(17)15(19)20)12-8-10-4-1-2-5-11(10)9-16-12/h1-2,4-5,12-13,16H,3,6-9H2,(H,19,20)/t12-,13+/m1/s1. The van der Waals surface area contributed by atoms with Gasteiger partial charge in [0.15, 0.2) is 0 Å². The maximum atomic E-state index is 12.5. The molecule has 1 amide bonds. The number of hydrogen-bond acceptors (Lipinski definition) is 3. The van der Waals surface area contributed by atoms with Crippen LogP contribution in [0.1, 0.15) is 24.0 Å². The second-order valence-electron chi connectivity index (χ2n) is 5.43. The Labute approximate surface area is 117 Å². The maximum Gasteiger partial charge on any atom is 0.326 e. The number of carboxylic acid groups (broad SMARTS) is 1. The molecule has 1 fully saturated rings. The van der Waals surface area contributed by atoms with Gasteiger partial charge in [0, 0.05) is 13.1 Å². The SMILES string of the molecule is O=C(O)[C@@H]1CCCN1C(=O)[C@H]1Cc2ccccc2CN1. The summed E-state index contributed by atoms with van der Waals surface area (Å²) in [4.78, 5) is 25.2. The summed E-state index contributed by atoms with van der Waals surface area (Å²) in [5, 5.41) is 12.4. The minimum atomic E-state index is -0.896. The Kier molecular flexibility index (Phi) is 3.44. The fourth-order valence-corrected chi connectivity index (χ4v) is 3.12. The molecular formula is C15H18N2O3. The molecule has 0 saturated carbocycles. The minimum absolute atomic E-state index is 0.0793. The zero-order valence-electron chi connectivity index (χ0n) is 11.2. The first-order valence-electron chi connectivity index (χ1n) is 7.00. The first-order chi connectivity index (χ1) is 9.66. The van der Waals surface area contributed by atoms with E-state index < -0.39 is 12.0 Å². The Morgan fingerprint density at radius 3 is 2.75 bits per heavy atom. The van der Waals surface area contributed by atoms with Crippen molar-refractivity contribution in [2.75, 3.05) is 6.54 Å². The summed E-state index contributed by atoms with van der Waals surface area (Å²) in [5.41, 5.74) is 2.39. The fourth-order valence-electron chi connectivity index (χ4n) is 3.12. The third kappa shape index (κ3) is 2.29. The van der Waals surface area contributed by atoms with Crippen molar-refractivity contribution in [3.63, 3.8) is 0 Å². The quantitative estimate of drug-likeness (QED) is 0.836. The summed E-state index contributed by atoms with van der Waals surface area (Å²) < 4.78 is 0. The van der Waals surface area contributed by atoms with Crippen molar-refractivity contribution >= 4 is 11.9 Å². The molecular weight excluding hydrogens is 256 g/mol. The van der Waals surface area contributed by atoms with Gasteiger partial charge in [-0.3, -0.25) is 4.79 Å². The van der Waals surface area contributed by atoms with Crippen LogP contribution in [0.5, 0.6) is 0 Å². The molecule has 3 rings (SSSR count). The molecule has 0 aromatic heterocycles. The van der Waals surface area contributed by atoms with E-state index in [-0.39, 0.29) is 11.9 Å². The summed E-state index contributed by atoms with van der Waals surface area (Å²) in [6.45, 7) is 1.22. The zero-order valence-corrected chi connectivity index (χ0v) is 11.2. The summed E-state index contributed by atoms with van der Waals surface area (Å²) in [6, 6.07) is 7.10. The normalized spacial score (nSPS) is 25.3. The van der Waals surface area contributed by atoms with Crippen molar-refractivity contribution in [2.24, 2.45) is 0 Å². The highest BCUT2D eigenvalue weighted by atomic mass is 16.4. The van der Waals surface area contributed by atoms with Crippen molar-refractivity contribution in [3.05, 3.63) is 35.4 Å². The van der Waals surface area contributed by atoms with E-state index >= 15 is 0 Å². The molecule has 0 radical (unpaired) electrons. The van der Waals surface area contributed by atoms with Gasteiger partial charge in [0.05, 0.1) is 6.04 Å². The molecule has 1 aromatic rings. The van der Waals surface area contributed by atoms with Gasteiger partial charge in [0.1, 0.15) is 6.04 Å². The molecule has 0 aliphatic carbocycles. The van der Waals surface area contributed by atoms with E-state index in [0.29, 0.717) is 25.9 Å². The number of amides is 1. The van der Waals surface area contributed by atoms with Gasteiger partial charge in [-0.2, -0.15) is 0 Å². The summed E-state index contributed by atoms with van der Waals surface area (Å²) >= 11 is 0. The minimum Gasteiger partial charge on any atom is -0.480 e. The van der Waals surface area contributed by atoms with E-state index in [0.717, 1.165) is 6.42 Å². The van der Waals surface area contributed by atoms with Crippen molar-refractivity contribution < 1.29 is 14.7 Å². The molecule has 2 atom stereocenters. The topological polar surface area (TPSA) is 69.6 Å². The van der Waals surface area contributed by atoms with E-state index in [1.807, 2.05) is 18.2 Å². The highest BCUT2D eigenvalue weighted by Gasteiger charge is 2.37. The predicted octanol–water partition coefficient (Wildman–Crippen LogP) is 0.776. The van der Waals surface area contributed by atoms with Gasteiger partial charge in [-0.15, -0.1) is 0 Å². The molecule has 2 aliphatic rings. The molecule has 2 aliphatic heterocycles. The summed E-state index contributed by atoms with van der Waals surface area (Å²) in [7, 11) is 0. The monoisotopic (exact) mass is 274 g/mol. The van der Waals surface area contributed by atoms with E-state index in [9.17, 15) is 14.7 Å². The largest absolute Gasteiger partial charge is 0.480 e. The number of rotatable bonds is 2. The van der Waals surface area contributed by atoms with Crippen LogP contribution >= 0.6 is 0 Å². The first kappa shape index (κ1) is 13.1. The number of carbonyl (C=O) groups excluding carboxylic acids is 1. The van der Waals surface area contributed by atoms with Crippen molar-refractivity contribution in [2.45, 2.75) is 37.9 Å². The second kappa shape index (κ2) is 5.25. The highest BCUT2D eigenvalue weighted by molar-refractivity contribution is 5.88. The maximum absolute atomic E-state index is 12.5. The molecule has 20 heavy (non-hydrogen) atoms. The van der Waals surface area contributed by atoms with E-state index in [1.54, 1.807) is 0 Å². The number of carboxylic acids is 1. The molecule has 0 unspecified atom stereocenters. The Bertz CT molecular complexity index is 544. The van der Waals surface area contributed by atoms with Crippen LogP contribution in [0.2, 0.25) is 0 Å². The van der Waals surface area contributed by atoms with Crippen molar-refractivity contribution in [1.29, 1.82) is 0 Å². The number of nitrogens with one attached hydrogen (secondary N) is 1. The van der Waals surface area contributed by atoms with Crippen LogP contribution < -0.4 is 5.32 Å². The number of nitrogens with zero attached hydrogens (tertiary/aromatic N) is 1. The zero-order chi connectivity index (χ0) is 14.1. The van der Waals surface area contributed by atoms with Gasteiger partial charge in [0.2, 0.25) is 5.91 Å². The Morgan fingerprint density at radius 2 is 2.00 bits per heavy atom. The third-order valence-corrected chi connectivity index (χ3v) is 4.20. The molecule has 1 aromatic carbocycles. The van der Waals surface area contributed by atoms with E-state index in [4.69, 9.17) is 0 Å². The van der Waals surface area contributed by atoms with Crippen LogP contribution in [0.15, 0.2) is 24.3 Å². The lowest BCUT2D eigenvalue weighted by atomic mass is 9.95. The molecule has 5 nitrogen and oxygen atoms in total. The number of likely N-dealkylation sites (tertiary alicyclic amines) is 1. The van der Waals surface area contributed by atoms with Crippen LogP contribution in [-0.2, 0) is 22.6 Å². The average molecular weight is 274 g/mol. The highest BCUT2D eigenvalue weighted by Crippen LogP contribution is 2.22. The Morgan fingerprint density at radius 1 is 1.25 bits per heavy atom. The van der Waals surface area contributed by atoms with Gasteiger partial charge >= 0.3 is 5.97 Å². The van der Waals surface area contributed by atoms with Gasteiger partial charge in [-0.25, -0.2) is 4.79 Å². The lowest BCUT2D eigenvalue weighted by Gasteiger charge is -2.30. The first-order valence-corrected chi connectivity index (χ1v) is 7.00. The number of hydrogen-bond donors (Lipinski definition) is 2. The molecule has 106 valence electrons. The fraction of sp³-hybridized carbons (Fsp3) is 0.467. The van der Waals surface area contributed by atoms with E-state index in [1.165, 1.54) is 16.0 Å². The van der Waals surface area contributed by atoms with Crippen LogP contribution in [0.3, 0.4) is 0 Å². The number of carbonyl (C=O) groups is 2. The Balaban J connectivity index is 1.74. The third-order valence-electron chi connectivity index (χ3n) is 4.20. The van der Waals surface area contributed by atoms with Crippen molar-refractivity contribution in [1.82, 2.24) is 10.2 Å². The van der Waals surface area contributed by atoms with Crippen LogP contribution in [0.25, 0.3) is 0 Å². The lowest BCUT2D eigenvalue weighted by Crippen LogP contribution is -2.52. The molecule has 2 heterocycles. The summed E-state index contributed by atoms with van der Waals surface area (Å²) in [6.07, 6.45) is 1.97. The molecule has 1 saturated heterocycles. The van der Waals surface area contributed by atoms with Crippen LogP contribution in [0.4, 0.5) is 0 Å². The second-order valence-corrected chi connectivity index (χ2v) is 5.43. The molecule has 0 bridgehead atoms. The van der Waals surface area contributed by atoms with Crippen LogP contribution in [0, 0.1) is 0 Å². The number of aliphatic carboxylic acids is 1. The smallest absolute Gasteiger partial charge is 0.326 e. The molecule has 0 spiro atoms. The summed E-state index contributed by atoms with van der Waals surface area (Å²) in [5.74, 6) is -0.975. The molecule has 5 heteroatoms. The van der Waals surface area contributed by atoms with Gasteiger partial charge < -0.3 is 15.3 Å². The predicted molar refractivity (Wildman–Crippen MR) is 73.1 cm³/mol. The van der Waals surface area contributed by atoms with Crippen LogP contribution in [-0.4, -0.2) is 40.5 Å². The number of fused-ring (bicyclic) bond motifs is 1. The average Bonchev–Trinajstić information content (AvgIpc) is 2.95.